The summed E-state index contributed by atoms with van der Waals surface area (Å²) in [5.41, 5.74) is -3.13. The summed E-state index contributed by atoms with van der Waals surface area (Å²) in [5, 5.41) is 0. The standard InChI is InChI=1S/C12H15F3N2O2S/c1-7-4-9-5-8(2)17(3)11(9)6-10(7)16-20(18,19)12(13,14)15/h4,6,8,16H,5H2,1-3H3. The van der Waals surface area contributed by atoms with Crippen LogP contribution in [0.15, 0.2) is 12.1 Å². The first kappa shape index (κ1) is 15.0. The Balaban J connectivity index is 2.41. The third kappa shape index (κ3) is 2.44. The van der Waals surface area contributed by atoms with Crippen LogP contribution in [0.5, 0.6) is 0 Å². The van der Waals surface area contributed by atoms with Gasteiger partial charge in [0.2, 0.25) is 0 Å². The summed E-state index contributed by atoms with van der Waals surface area (Å²) < 4.78 is 61.2. The quantitative estimate of drug-likeness (QED) is 0.914. The summed E-state index contributed by atoms with van der Waals surface area (Å²) >= 11 is 0. The van der Waals surface area contributed by atoms with Gasteiger partial charge in [-0.05, 0) is 37.5 Å². The van der Waals surface area contributed by atoms with E-state index in [-0.39, 0.29) is 11.7 Å². The van der Waals surface area contributed by atoms with Gasteiger partial charge in [-0.1, -0.05) is 6.07 Å². The summed E-state index contributed by atoms with van der Waals surface area (Å²) in [6.45, 7) is 3.58. The zero-order valence-electron chi connectivity index (χ0n) is 11.2. The molecule has 112 valence electrons. The molecule has 1 atom stereocenters. The summed E-state index contributed by atoms with van der Waals surface area (Å²) in [7, 11) is -3.56. The van der Waals surface area contributed by atoms with Crippen molar-refractivity contribution in [3.63, 3.8) is 0 Å². The Labute approximate surface area is 115 Å². The lowest BCUT2D eigenvalue weighted by molar-refractivity contribution is -0.0429. The van der Waals surface area contributed by atoms with E-state index in [1.807, 2.05) is 18.9 Å². The Morgan fingerprint density at radius 2 is 1.95 bits per heavy atom. The number of alkyl halides is 3. The van der Waals surface area contributed by atoms with Crippen LogP contribution in [-0.4, -0.2) is 27.0 Å². The number of anilines is 2. The van der Waals surface area contributed by atoms with E-state index in [0.29, 0.717) is 5.56 Å². The van der Waals surface area contributed by atoms with Crippen molar-refractivity contribution < 1.29 is 21.6 Å². The second-order valence-electron chi connectivity index (χ2n) is 5.01. The summed E-state index contributed by atoms with van der Waals surface area (Å²) in [6.07, 6.45) is 0.791. The van der Waals surface area contributed by atoms with Crippen LogP contribution in [0.4, 0.5) is 24.5 Å². The number of aryl methyl sites for hydroxylation is 1. The van der Waals surface area contributed by atoms with Crippen molar-refractivity contribution in [2.45, 2.75) is 31.8 Å². The molecule has 1 unspecified atom stereocenters. The topological polar surface area (TPSA) is 49.4 Å². The molecule has 0 saturated carbocycles. The molecule has 0 spiro atoms. The minimum absolute atomic E-state index is 0.0398. The number of hydrogen-bond acceptors (Lipinski definition) is 3. The predicted molar refractivity (Wildman–Crippen MR) is 71.3 cm³/mol. The molecule has 4 nitrogen and oxygen atoms in total. The first-order chi connectivity index (χ1) is 9.03. The lowest BCUT2D eigenvalue weighted by Gasteiger charge is -2.20. The highest BCUT2D eigenvalue weighted by molar-refractivity contribution is 7.93. The second-order valence-corrected chi connectivity index (χ2v) is 6.69. The van der Waals surface area contributed by atoms with Gasteiger partial charge in [0.15, 0.2) is 0 Å². The number of nitrogens with zero attached hydrogens (tertiary/aromatic N) is 1. The number of hydrogen-bond donors (Lipinski definition) is 1. The summed E-state index contributed by atoms with van der Waals surface area (Å²) in [6, 6.07) is 3.42. The van der Waals surface area contributed by atoms with Crippen molar-refractivity contribution in [1.82, 2.24) is 0 Å². The fraction of sp³-hybridized carbons (Fsp3) is 0.500. The molecule has 8 heteroatoms. The lowest BCUT2D eigenvalue weighted by atomic mass is 10.1. The fourth-order valence-electron chi connectivity index (χ4n) is 2.25. The van der Waals surface area contributed by atoms with E-state index in [4.69, 9.17) is 0 Å². The van der Waals surface area contributed by atoms with E-state index < -0.39 is 15.5 Å². The van der Waals surface area contributed by atoms with Gasteiger partial charge >= 0.3 is 15.5 Å². The molecule has 0 aromatic heterocycles. The average Bonchev–Trinajstić information content (AvgIpc) is 2.54. The number of benzene rings is 1. The highest BCUT2D eigenvalue weighted by Gasteiger charge is 2.46. The molecular weight excluding hydrogens is 293 g/mol. The maximum Gasteiger partial charge on any atom is 0.516 e. The molecule has 1 aromatic rings. The van der Waals surface area contributed by atoms with E-state index in [1.165, 1.54) is 6.07 Å². The molecule has 1 aliphatic heterocycles. The van der Waals surface area contributed by atoms with Gasteiger partial charge in [-0.2, -0.15) is 21.6 Å². The molecule has 0 aliphatic carbocycles. The van der Waals surface area contributed by atoms with E-state index in [1.54, 1.807) is 17.7 Å². The van der Waals surface area contributed by atoms with Crippen LogP contribution in [0.2, 0.25) is 0 Å². The number of nitrogens with one attached hydrogen (secondary N) is 1. The molecular formula is C12H15F3N2O2S. The second kappa shape index (κ2) is 4.54. The molecule has 0 bridgehead atoms. The number of sulfonamides is 1. The normalized spacial score (nSPS) is 19.1. The first-order valence-electron chi connectivity index (χ1n) is 5.98. The Morgan fingerprint density at radius 1 is 1.35 bits per heavy atom. The minimum Gasteiger partial charge on any atom is -0.371 e. The van der Waals surface area contributed by atoms with Crippen LogP contribution < -0.4 is 9.62 Å². The van der Waals surface area contributed by atoms with Crippen LogP contribution in [-0.2, 0) is 16.4 Å². The van der Waals surface area contributed by atoms with Gasteiger partial charge in [-0.3, -0.25) is 4.72 Å². The van der Waals surface area contributed by atoms with Gasteiger partial charge in [-0.15, -0.1) is 0 Å². The molecule has 1 aliphatic rings. The maximum atomic E-state index is 12.4. The molecule has 0 amide bonds. The first-order valence-corrected chi connectivity index (χ1v) is 7.46. The van der Waals surface area contributed by atoms with Crippen molar-refractivity contribution in [2.75, 3.05) is 16.7 Å². The predicted octanol–water partition coefficient (Wildman–Crippen LogP) is 2.64. The van der Waals surface area contributed by atoms with Gasteiger partial charge in [0.25, 0.3) is 0 Å². The van der Waals surface area contributed by atoms with E-state index in [9.17, 15) is 21.6 Å². The highest BCUT2D eigenvalue weighted by Crippen LogP contribution is 2.36. The molecule has 20 heavy (non-hydrogen) atoms. The maximum absolute atomic E-state index is 12.4. The molecule has 1 heterocycles. The summed E-state index contributed by atoms with van der Waals surface area (Å²) in [5.74, 6) is 0. The molecule has 0 saturated heterocycles. The average molecular weight is 308 g/mol. The van der Waals surface area contributed by atoms with Crippen LogP contribution in [0.3, 0.4) is 0 Å². The molecule has 1 aromatic carbocycles. The van der Waals surface area contributed by atoms with Crippen LogP contribution in [0, 0.1) is 6.92 Å². The third-order valence-electron chi connectivity index (χ3n) is 3.53. The summed E-state index contributed by atoms with van der Waals surface area (Å²) in [4.78, 5) is 1.92. The van der Waals surface area contributed by atoms with Crippen LogP contribution in [0.25, 0.3) is 0 Å². The Bertz CT molecular complexity index is 641. The van der Waals surface area contributed by atoms with Crippen molar-refractivity contribution in [3.05, 3.63) is 23.3 Å². The van der Waals surface area contributed by atoms with Crippen LogP contribution >= 0.6 is 0 Å². The van der Waals surface area contributed by atoms with Crippen molar-refractivity contribution in [2.24, 2.45) is 0 Å². The number of likely N-dealkylation sites (N-methyl/N-ethyl adjacent to an activating group) is 1. The Hall–Kier alpha value is -1.44. The minimum atomic E-state index is -5.39. The van der Waals surface area contributed by atoms with Gasteiger partial charge < -0.3 is 4.90 Å². The Kier molecular flexibility index (Phi) is 3.40. The van der Waals surface area contributed by atoms with Gasteiger partial charge in [-0.25, -0.2) is 0 Å². The molecule has 0 radical (unpaired) electrons. The molecule has 0 fully saturated rings. The van der Waals surface area contributed by atoms with E-state index in [2.05, 4.69) is 0 Å². The third-order valence-corrected chi connectivity index (χ3v) is 4.63. The van der Waals surface area contributed by atoms with Crippen molar-refractivity contribution >= 4 is 21.4 Å². The van der Waals surface area contributed by atoms with Gasteiger partial charge in [0.1, 0.15) is 0 Å². The number of rotatable bonds is 2. The smallest absolute Gasteiger partial charge is 0.371 e. The zero-order chi connectivity index (χ0) is 15.3. The largest absolute Gasteiger partial charge is 0.516 e. The number of fused-ring (bicyclic) bond motifs is 1. The fourth-order valence-corrected chi connectivity index (χ4v) is 2.88. The van der Waals surface area contributed by atoms with Gasteiger partial charge in [0.05, 0.1) is 5.69 Å². The molecule has 1 N–H and O–H groups in total. The molecule has 2 rings (SSSR count). The zero-order valence-corrected chi connectivity index (χ0v) is 12.1. The van der Waals surface area contributed by atoms with Crippen molar-refractivity contribution in [3.8, 4) is 0 Å². The number of halogens is 3. The van der Waals surface area contributed by atoms with Crippen molar-refractivity contribution in [1.29, 1.82) is 0 Å². The van der Waals surface area contributed by atoms with E-state index >= 15 is 0 Å². The Morgan fingerprint density at radius 3 is 2.50 bits per heavy atom. The van der Waals surface area contributed by atoms with E-state index in [0.717, 1.165) is 17.7 Å². The highest BCUT2D eigenvalue weighted by atomic mass is 32.2. The van der Waals surface area contributed by atoms with Gasteiger partial charge in [0, 0.05) is 18.8 Å². The lowest BCUT2D eigenvalue weighted by Crippen LogP contribution is -2.30. The monoisotopic (exact) mass is 308 g/mol. The SMILES string of the molecule is Cc1cc2c(cc1NS(=O)(=O)C(F)(F)F)N(C)C(C)C2. The van der Waals surface area contributed by atoms with Crippen LogP contribution in [0.1, 0.15) is 18.1 Å².